The first-order valence-electron chi connectivity index (χ1n) is 8.62. The van der Waals surface area contributed by atoms with Crippen molar-refractivity contribution in [1.29, 1.82) is 0 Å². The van der Waals surface area contributed by atoms with Crippen molar-refractivity contribution in [3.8, 4) is 22.2 Å². The fourth-order valence-electron chi connectivity index (χ4n) is 2.72. The molecule has 2 aromatic carbocycles. The third kappa shape index (κ3) is 3.84. The van der Waals surface area contributed by atoms with Gasteiger partial charge < -0.3 is 9.84 Å². The smallest absolute Gasteiger partial charge is 0.270 e. The number of amides is 1. The number of hydrogen-bond donors (Lipinski definition) is 1. The van der Waals surface area contributed by atoms with Crippen LogP contribution in [0.4, 0.5) is 10.1 Å². The number of benzene rings is 2. The van der Waals surface area contributed by atoms with Crippen LogP contribution in [0, 0.1) is 12.7 Å². The minimum atomic E-state index is -0.400. The second-order valence-corrected chi connectivity index (χ2v) is 7.19. The van der Waals surface area contributed by atoms with E-state index in [1.54, 1.807) is 24.3 Å². The lowest BCUT2D eigenvalue weighted by molar-refractivity contribution is -0.115. The first-order valence-corrected chi connectivity index (χ1v) is 9.50. The average Bonchev–Trinajstić information content (AvgIpc) is 3.33. The van der Waals surface area contributed by atoms with Crippen LogP contribution in [-0.4, -0.2) is 16.0 Å². The van der Waals surface area contributed by atoms with Crippen molar-refractivity contribution < 1.29 is 13.7 Å². The maximum atomic E-state index is 13.8. The van der Waals surface area contributed by atoms with Gasteiger partial charge in [-0.05, 0) is 30.0 Å². The molecule has 0 bridgehead atoms. The van der Waals surface area contributed by atoms with Crippen LogP contribution in [0.25, 0.3) is 22.2 Å². The molecule has 0 aliphatic heterocycles. The van der Waals surface area contributed by atoms with Gasteiger partial charge in [-0.2, -0.15) is 4.98 Å². The molecule has 0 spiro atoms. The van der Waals surface area contributed by atoms with Gasteiger partial charge in [0, 0.05) is 5.56 Å². The topological polar surface area (TPSA) is 68.0 Å². The molecule has 4 rings (SSSR count). The van der Waals surface area contributed by atoms with Gasteiger partial charge in [0.1, 0.15) is 10.7 Å². The Hall–Kier alpha value is -3.32. The number of hydrogen-bond acceptors (Lipinski definition) is 5. The van der Waals surface area contributed by atoms with Gasteiger partial charge in [-0.25, -0.2) is 4.39 Å². The molecular formula is C21H16FN3O2S. The summed E-state index contributed by atoms with van der Waals surface area (Å²) in [5.74, 6) is 0.0876. The molecule has 1 amide bonds. The number of nitrogens with zero attached hydrogens (tertiary/aromatic N) is 2. The number of anilines is 1. The molecule has 0 saturated carbocycles. The third-order valence-electron chi connectivity index (χ3n) is 4.18. The second-order valence-electron chi connectivity index (χ2n) is 6.27. The van der Waals surface area contributed by atoms with Crippen LogP contribution in [0.15, 0.2) is 64.5 Å². The van der Waals surface area contributed by atoms with Crippen LogP contribution in [0.5, 0.6) is 0 Å². The van der Waals surface area contributed by atoms with Gasteiger partial charge >= 0.3 is 0 Å². The first-order chi connectivity index (χ1) is 13.6. The largest absolute Gasteiger partial charge is 0.333 e. The van der Waals surface area contributed by atoms with Gasteiger partial charge in [0.2, 0.25) is 11.7 Å². The number of halogens is 1. The van der Waals surface area contributed by atoms with Gasteiger partial charge in [0.15, 0.2) is 0 Å². The number of aryl methyl sites for hydroxylation is 1. The van der Waals surface area contributed by atoms with Crippen molar-refractivity contribution in [3.05, 3.63) is 76.9 Å². The Morgan fingerprint density at radius 2 is 1.93 bits per heavy atom. The molecule has 0 aliphatic rings. The number of aromatic nitrogens is 2. The lowest BCUT2D eigenvalue weighted by Gasteiger charge is -2.05. The molecule has 0 atom stereocenters. The zero-order chi connectivity index (χ0) is 19.5. The quantitative estimate of drug-likeness (QED) is 0.513. The fourth-order valence-corrected chi connectivity index (χ4v) is 3.49. The normalized spacial score (nSPS) is 10.8. The Balaban J connectivity index is 1.52. The lowest BCUT2D eigenvalue weighted by atomic mass is 10.1. The number of nitrogens with one attached hydrogen (secondary N) is 1. The number of rotatable bonds is 5. The Morgan fingerprint density at radius 3 is 2.71 bits per heavy atom. The van der Waals surface area contributed by atoms with Crippen LogP contribution >= 0.6 is 11.3 Å². The highest BCUT2D eigenvalue weighted by Gasteiger charge is 2.17. The van der Waals surface area contributed by atoms with Crippen LogP contribution in [0.2, 0.25) is 0 Å². The molecule has 0 radical (unpaired) electrons. The average molecular weight is 393 g/mol. The molecule has 140 valence electrons. The number of carbonyl (C=O) groups excluding carboxylic acids is 1. The van der Waals surface area contributed by atoms with E-state index in [-0.39, 0.29) is 12.3 Å². The van der Waals surface area contributed by atoms with Gasteiger partial charge in [-0.15, -0.1) is 11.3 Å². The predicted molar refractivity (Wildman–Crippen MR) is 107 cm³/mol. The monoisotopic (exact) mass is 393 g/mol. The van der Waals surface area contributed by atoms with Crippen molar-refractivity contribution in [2.24, 2.45) is 0 Å². The van der Waals surface area contributed by atoms with Gasteiger partial charge in [0.05, 0.1) is 12.1 Å². The summed E-state index contributed by atoms with van der Waals surface area (Å²) >= 11 is 1.38. The van der Waals surface area contributed by atoms with Crippen LogP contribution in [-0.2, 0) is 11.2 Å². The van der Waals surface area contributed by atoms with Crippen molar-refractivity contribution >= 4 is 22.9 Å². The molecule has 7 heteroatoms. The summed E-state index contributed by atoms with van der Waals surface area (Å²) in [4.78, 5) is 17.4. The van der Waals surface area contributed by atoms with Crippen LogP contribution < -0.4 is 5.32 Å². The molecule has 0 saturated heterocycles. The van der Waals surface area contributed by atoms with Crippen LogP contribution in [0.1, 0.15) is 11.1 Å². The standard InChI is InChI=1S/C21H16FN3O2S/c1-13-6-8-14(9-7-13)20-24-21(27-25-20)19-17(10-11-28-19)23-18(26)12-15-4-2-3-5-16(15)22/h2-11H,12H2,1H3,(H,23,26). The van der Waals surface area contributed by atoms with Crippen molar-refractivity contribution in [2.45, 2.75) is 13.3 Å². The molecular weight excluding hydrogens is 377 g/mol. The molecule has 2 heterocycles. The van der Waals surface area contributed by atoms with Gasteiger partial charge in [0.25, 0.3) is 5.89 Å². The van der Waals surface area contributed by atoms with Crippen molar-refractivity contribution in [1.82, 2.24) is 10.1 Å². The molecule has 0 unspecified atom stereocenters. The van der Waals surface area contributed by atoms with Gasteiger partial charge in [-0.3, -0.25) is 4.79 Å². The Kier molecular flexibility index (Phi) is 4.99. The summed E-state index contributed by atoms with van der Waals surface area (Å²) in [5, 5.41) is 8.65. The summed E-state index contributed by atoms with van der Waals surface area (Å²) < 4.78 is 19.1. The summed E-state index contributed by atoms with van der Waals surface area (Å²) in [6.07, 6.45) is -0.0551. The highest BCUT2D eigenvalue weighted by molar-refractivity contribution is 7.14. The van der Waals surface area contributed by atoms with E-state index in [1.165, 1.54) is 17.4 Å². The van der Waals surface area contributed by atoms with E-state index in [2.05, 4.69) is 15.5 Å². The summed E-state index contributed by atoms with van der Waals surface area (Å²) in [6.45, 7) is 2.01. The predicted octanol–water partition coefficient (Wildman–Crippen LogP) is 5.09. The van der Waals surface area contributed by atoms with Crippen molar-refractivity contribution in [2.75, 3.05) is 5.32 Å². The summed E-state index contributed by atoms with van der Waals surface area (Å²) in [7, 11) is 0. The SMILES string of the molecule is Cc1ccc(-c2noc(-c3sccc3NC(=O)Cc3ccccc3F)n2)cc1. The van der Waals surface area contributed by atoms with E-state index >= 15 is 0 Å². The molecule has 5 nitrogen and oxygen atoms in total. The molecule has 0 fully saturated rings. The Bertz CT molecular complexity index is 1120. The molecule has 4 aromatic rings. The maximum Gasteiger partial charge on any atom is 0.270 e. The molecule has 2 aromatic heterocycles. The number of thiophene rings is 1. The second kappa shape index (κ2) is 7.74. The van der Waals surface area contributed by atoms with E-state index < -0.39 is 5.82 Å². The van der Waals surface area contributed by atoms with Crippen molar-refractivity contribution in [3.63, 3.8) is 0 Å². The van der Waals surface area contributed by atoms with Crippen LogP contribution in [0.3, 0.4) is 0 Å². The summed E-state index contributed by atoms with van der Waals surface area (Å²) in [5.41, 5.74) is 2.90. The van der Waals surface area contributed by atoms with E-state index in [0.29, 0.717) is 27.8 Å². The summed E-state index contributed by atoms with van der Waals surface area (Å²) in [6, 6.07) is 15.8. The van der Waals surface area contributed by atoms with E-state index in [9.17, 15) is 9.18 Å². The zero-order valence-electron chi connectivity index (χ0n) is 15.0. The highest BCUT2D eigenvalue weighted by atomic mass is 32.1. The first kappa shape index (κ1) is 18.1. The van der Waals surface area contributed by atoms with Gasteiger partial charge in [-0.1, -0.05) is 53.2 Å². The van der Waals surface area contributed by atoms with E-state index in [1.807, 2.05) is 36.6 Å². The minimum absolute atomic E-state index is 0.0551. The zero-order valence-corrected chi connectivity index (χ0v) is 15.8. The fraction of sp³-hybridized carbons (Fsp3) is 0.0952. The Labute approximate surface area is 164 Å². The third-order valence-corrected chi connectivity index (χ3v) is 5.08. The lowest BCUT2D eigenvalue weighted by Crippen LogP contribution is -2.15. The molecule has 28 heavy (non-hydrogen) atoms. The highest BCUT2D eigenvalue weighted by Crippen LogP contribution is 2.33. The maximum absolute atomic E-state index is 13.8. The molecule has 0 aliphatic carbocycles. The molecule has 1 N–H and O–H groups in total. The Morgan fingerprint density at radius 1 is 1.14 bits per heavy atom. The van der Waals surface area contributed by atoms with E-state index in [4.69, 9.17) is 4.52 Å². The van der Waals surface area contributed by atoms with E-state index in [0.717, 1.165) is 11.1 Å². The minimum Gasteiger partial charge on any atom is -0.333 e. The number of carbonyl (C=O) groups is 1.